The molecule has 27 valence electrons. The minimum atomic E-state index is 0.477. The van der Waals surface area contributed by atoms with E-state index in [9.17, 15) is 0 Å². The van der Waals surface area contributed by atoms with Crippen molar-refractivity contribution in [3.63, 3.8) is 0 Å². The molecule has 5 heavy (non-hydrogen) atoms. The summed E-state index contributed by atoms with van der Waals surface area (Å²) in [6.07, 6.45) is 0. The van der Waals surface area contributed by atoms with Crippen LogP contribution in [0.3, 0.4) is 0 Å². The van der Waals surface area contributed by atoms with Crippen molar-refractivity contribution < 1.29 is 4.18 Å². The van der Waals surface area contributed by atoms with Gasteiger partial charge in [-0.05, 0) is 0 Å². The Hall–Kier alpha value is -0.0200. The van der Waals surface area contributed by atoms with Gasteiger partial charge in [0, 0.05) is 0 Å². The highest BCUT2D eigenvalue weighted by Gasteiger charge is 1.87. The van der Waals surface area contributed by atoms with Gasteiger partial charge in [-0.25, -0.2) is 4.99 Å². The van der Waals surface area contributed by atoms with Gasteiger partial charge in [-0.15, -0.1) is 0 Å². The Labute approximate surface area is 34.4 Å². The third-order valence-electron chi connectivity index (χ3n) is 0.278. The maximum Gasteiger partial charge on any atom is 0.155 e. The van der Waals surface area contributed by atoms with E-state index in [4.69, 9.17) is 0 Å². The number of nitrogens with zero attached hydrogens (tertiary/aromatic N) is 1. The predicted octanol–water partition coefficient (Wildman–Crippen LogP) is 0.528. The molecule has 0 bridgehead atoms. The molecular formula is C2H2NOS. The first kappa shape index (κ1) is 3.18. The molecule has 0 aromatic rings. The molecule has 0 spiro atoms. The molecule has 0 saturated heterocycles. The van der Waals surface area contributed by atoms with E-state index in [2.05, 4.69) is 14.7 Å². The lowest BCUT2D eigenvalue weighted by Gasteiger charge is -1.72. The lowest BCUT2D eigenvalue weighted by molar-refractivity contribution is 0.406. The van der Waals surface area contributed by atoms with Crippen LogP contribution in [0.4, 0.5) is 0 Å². The summed E-state index contributed by atoms with van der Waals surface area (Å²) in [4.78, 5) is 3.57. The molecule has 2 nitrogen and oxygen atoms in total. The first-order valence-corrected chi connectivity index (χ1v) is 1.94. The van der Waals surface area contributed by atoms with Gasteiger partial charge in [-0.2, -0.15) is 0 Å². The minimum Gasteiger partial charge on any atom is -0.285 e. The molecule has 1 heterocycles. The highest BCUT2D eigenvalue weighted by atomic mass is 32.2. The van der Waals surface area contributed by atoms with Crippen LogP contribution in [0.5, 0.6) is 0 Å². The van der Waals surface area contributed by atoms with Crippen LogP contribution in [-0.2, 0) is 4.18 Å². The normalized spacial score (nSPS) is 20.8. The largest absolute Gasteiger partial charge is 0.285 e. The van der Waals surface area contributed by atoms with Gasteiger partial charge in [-0.3, -0.25) is 4.18 Å². The Morgan fingerprint density at radius 3 is 3.20 bits per heavy atom. The fourth-order valence-electron chi connectivity index (χ4n) is 0.132. The molecule has 0 saturated carbocycles. The zero-order chi connectivity index (χ0) is 3.54. The molecule has 0 unspecified atom stereocenters. The number of hydrogen-bond acceptors (Lipinski definition) is 3. The summed E-state index contributed by atoms with van der Waals surface area (Å²) in [6.45, 7) is 0.477. The smallest absolute Gasteiger partial charge is 0.155 e. The average molecular weight is 88.1 g/mol. The molecular weight excluding hydrogens is 86.1 g/mol. The van der Waals surface area contributed by atoms with E-state index in [1.54, 1.807) is 0 Å². The second-order valence-electron chi connectivity index (χ2n) is 0.580. The fourth-order valence-corrected chi connectivity index (χ4v) is 0.395. The Balaban J connectivity index is 2.32. The van der Waals surface area contributed by atoms with E-state index >= 15 is 0 Å². The van der Waals surface area contributed by atoms with Crippen LogP contribution in [0.15, 0.2) is 4.99 Å². The number of aliphatic imine (C=N–C) groups is 1. The highest BCUT2D eigenvalue weighted by molar-refractivity contribution is 8.08. The maximum atomic E-state index is 4.58. The second kappa shape index (κ2) is 1.43. The maximum absolute atomic E-state index is 4.58. The third kappa shape index (κ3) is 0.629. The SMILES string of the molecule is [C]1=NCOS1. The average Bonchev–Trinajstić information content (AvgIpc) is 1.76. The van der Waals surface area contributed by atoms with Gasteiger partial charge >= 0.3 is 0 Å². The van der Waals surface area contributed by atoms with Crippen LogP contribution < -0.4 is 0 Å². The van der Waals surface area contributed by atoms with Crippen LogP contribution in [0.2, 0.25) is 0 Å². The molecule has 1 radical (unpaired) electrons. The van der Waals surface area contributed by atoms with Gasteiger partial charge in [0.2, 0.25) is 0 Å². The van der Waals surface area contributed by atoms with Crippen molar-refractivity contribution in [1.82, 2.24) is 0 Å². The van der Waals surface area contributed by atoms with Crippen LogP contribution in [0.1, 0.15) is 0 Å². The molecule has 0 atom stereocenters. The lowest BCUT2D eigenvalue weighted by Crippen LogP contribution is -1.64. The summed E-state index contributed by atoms with van der Waals surface area (Å²) in [5.41, 5.74) is 2.54. The third-order valence-corrected chi connectivity index (χ3v) is 0.705. The monoisotopic (exact) mass is 88.0 g/mol. The summed E-state index contributed by atoms with van der Waals surface area (Å²) >= 11 is 1.16. The highest BCUT2D eigenvalue weighted by Crippen LogP contribution is 2.02. The minimum absolute atomic E-state index is 0.477. The first-order valence-electron chi connectivity index (χ1n) is 1.20. The van der Waals surface area contributed by atoms with Gasteiger partial charge < -0.3 is 0 Å². The Morgan fingerprint density at radius 2 is 3.00 bits per heavy atom. The van der Waals surface area contributed by atoms with Gasteiger partial charge in [0.05, 0.1) is 12.0 Å². The summed E-state index contributed by atoms with van der Waals surface area (Å²) in [7, 11) is 0. The zero-order valence-electron chi connectivity index (χ0n) is 2.47. The molecule has 1 aliphatic heterocycles. The summed E-state index contributed by atoms with van der Waals surface area (Å²) in [5.74, 6) is 0. The van der Waals surface area contributed by atoms with Crippen molar-refractivity contribution >= 4 is 17.6 Å². The van der Waals surface area contributed by atoms with Crippen molar-refractivity contribution in [3.05, 3.63) is 0 Å². The molecule has 0 aliphatic carbocycles. The molecule has 1 rings (SSSR count). The van der Waals surface area contributed by atoms with E-state index in [-0.39, 0.29) is 0 Å². The Kier molecular flexibility index (Phi) is 0.907. The predicted molar refractivity (Wildman–Crippen MR) is 21.0 cm³/mol. The van der Waals surface area contributed by atoms with Crippen LogP contribution in [0, 0.1) is 0 Å². The first-order chi connectivity index (χ1) is 2.50. The van der Waals surface area contributed by atoms with Crippen LogP contribution in [-0.4, -0.2) is 12.3 Å². The van der Waals surface area contributed by atoms with Gasteiger partial charge in [-0.1, -0.05) is 0 Å². The summed E-state index contributed by atoms with van der Waals surface area (Å²) < 4.78 is 4.58. The summed E-state index contributed by atoms with van der Waals surface area (Å²) in [6, 6.07) is 0. The molecule has 0 aromatic carbocycles. The second-order valence-corrected chi connectivity index (χ2v) is 1.16. The van der Waals surface area contributed by atoms with Crippen molar-refractivity contribution in [2.24, 2.45) is 4.99 Å². The summed E-state index contributed by atoms with van der Waals surface area (Å²) in [5, 5.41) is 0. The standard InChI is InChI=1S/C2H2NOS/c1-3-2-5-4-1/h1H2. The van der Waals surface area contributed by atoms with E-state index in [0.717, 1.165) is 12.0 Å². The quantitative estimate of drug-likeness (QED) is 0.403. The lowest BCUT2D eigenvalue weighted by atomic mass is 11.3. The Morgan fingerprint density at radius 1 is 2.00 bits per heavy atom. The van der Waals surface area contributed by atoms with E-state index in [0.29, 0.717) is 6.73 Å². The van der Waals surface area contributed by atoms with Crippen molar-refractivity contribution in [2.75, 3.05) is 6.73 Å². The van der Waals surface area contributed by atoms with Crippen LogP contribution in [0.25, 0.3) is 0 Å². The van der Waals surface area contributed by atoms with Crippen LogP contribution >= 0.6 is 12.0 Å². The van der Waals surface area contributed by atoms with Gasteiger partial charge in [0.25, 0.3) is 0 Å². The molecule has 0 amide bonds. The molecule has 0 aromatic heterocycles. The van der Waals surface area contributed by atoms with Crippen molar-refractivity contribution in [1.29, 1.82) is 0 Å². The number of hydrogen-bond donors (Lipinski definition) is 0. The molecule has 3 heteroatoms. The zero-order valence-corrected chi connectivity index (χ0v) is 3.29. The van der Waals surface area contributed by atoms with Crippen molar-refractivity contribution in [2.45, 2.75) is 0 Å². The topological polar surface area (TPSA) is 21.6 Å². The molecule has 0 fully saturated rings. The van der Waals surface area contributed by atoms with Crippen molar-refractivity contribution in [3.8, 4) is 0 Å². The van der Waals surface area contributed by atoms with Gasteiger partial charge in [0.15, 0.2) is 12.3 Å². The number of rotatable bonds is 0. The van der Waals surface area contributed by atoms with E-state index in [1.165, 1.54) is 0 Å². The van der Waals surface area contributed by atoms with E-state index in [1.807, 2.05) is 0 Å². The molecule has 0 N–H and O–H groups in total. The van der Waals surface area contributed by atoms with Gasteiger partial charge in [0.1, 0.15) is 0 Å². The van der Waals surface area contributed by atoms with E-state index < -0.39 is 0 Å². The fraction of sp³-hybridized carbons (Fsp3) is 0.500. The molecule has 1 aliphatic rings. The Bertz CT molecular complexity index is 47.6.